The predicted molar refractivity (Wildman–Crippen MR) is 134 cm³/mol. The van der Waals surface area contributed by atoms with Gasteiger partial charge in [0.15, 0.2) is 11.6 Å². The summed E-state index contributed by atoms with van der Waals surface area (Å²) in [5.74, 6) is 1.72. The molecular weight excluding hydrogens is 430 g/mol. The van der Waals surface area contributed by atoms with Crippen LogP contribution in [0.1, 0.15) is 102 Å². The summed E-state index contributed by atoms with van der Waals surface area (Å²) < 4.78 is 40.4. The Morgan fingerprint density at radius 1 is 0.882 bits per heavy atom. The summed E-state index contributed by atoms with van der Waals surface area (Å²) in [7, 11) is 0. The van der Waals surface area contributed by atoms with Crippen molar-refractivity contribution in [3.05, 3.63) is 41.5 Å². The summed E-state index contributed by atoms with van der Waals surface area (Å²) in [6.07, 6.45) is 20.2. The van der Waals surface area contributed by atoms with Crippen LogP contribution in [-0.2, 0) is 4.74 Å². The molecule has 1 aliphatic heterocycles. The Balaban J connectivity index is 1.20. The average molecular weight is 475 g/mol. The van der Waals surface area contributed by atoms with Crippen LogP contribution in [0, 0.1) is 35.3 Å². The Kier molecular flexibility index (Phi) is 9.45. The standard InChI is InChI=1S/C30H44F2O2/c1-3-5-6-7-21-8-10-22(11-9-21)23-12-14-24(15-13-23)27-18-16-25(20-34-27)26-17-19-28(33-4-2)30(32)29(26)31/h3,5,17,19,21-25,27H,4,6-16,18,20H2,1-2H3. The molecule has 190 valence electrons. The lowest BCUT2D eigenvalue weighted by molar-refractivity contribution is -0.0469. The van der Waals surface area contributed by atoms with E-state index < -0.39 is 11.6 Å². The highest BCUT2D eigenvalue weighted by Crippen LogP contribution is 2.45. The minimum atomic E-state index is -0.869. The number of allylic oxidation sites excluding steroid dienone is 2. The molecular formula is C30H44F2O2. The third kappa shape index (κ3) is 6.22. The van der Waals surface area contributed by atoms with Crippen LogP contribution in [0.5, 0.6) is 5.75 Å². The van der Waals surface area contributed by atoms with Gasteiger partial charge >= 0.3 is 0 Å². The Bertz CT molecular complexity index is 783. The summed E-state index contributed by atoms with van der Waals surface area (Å²) in [4.78, 5) is 0. The highest BCUT2D eigenvalue weighted by molar-refractivity contribution is 5.33. The van der Waals surface area contributed by atoms with E-state index in [1.54, 1.807) is 19.1 Å². The van der Waals surface area contributed by atoms with Gasteiger partial charge in [-0.25, -0.2) is 4.39 Å². The van der Waals surface area contributed by atoms with Crippen LogP contribution >= 0.6 is 0 Å². The molecule has 4 rings (SSSR count). The van der Waals surface area contributed by atoms with E-state index in [9.17, 15) is 8.78 Å². The molecule has 0 N–H and O–H groups in total. The monoisotopic (exact) mass is 474 g/mol. The largest absolute Gasteiger partial charge is 0.491 e. The second kappa shape index (κ2) is 12.5. The Hall–Kier alpha value is -1.42. The third-order valence-electron chi connectivity index (χ3n) is 9.01. The Morgan fingerprint density at radius 2 is 1.56 bits per heavy atom. The van der Waals surface area contributed by atoms with Gasteiger partial charge in [-0.1, -0.05) is 31.1 Å². The normalized spacial score (nSPS) is 32.7. The lowest BCUT2D eigenvalue weighted by Gasteiger charge is -2.41. The van der Waals surface area contributed by atoms with Crippen LogP contribution in [0.2, 0.25) is 0 Å². The van der Waals surface area contributed by atoms with Gasteiger partial charge in [0.05, 0.1) is 19.3 Å². The van der Waals surface area contributed by atoms with Crippen molar-refractivity contribution in [3.63, 3.8) is 0 Å². The van der Waals surface area contributed by atoms with Crippen molar-refractivity contribution in [2.24, 2.45) is 23.7 Å². The number of hydrogen-bond donors (Lipinski definition) is 0. The smallest absolute Gasteiger partial charge is 0.200 e. The third-order valence-corrected chi connectivity index (χ3v) is 9.01. The van der Waals surface area contributed by atoms with Crippen molar-refractivity contribution in [2.45, 2.75) is 103 Å². The fraction of sp³-hybridized carbons (Fsp3) is 0.733. The van der Waals surface area contributed by atoms with Crippen LogP contribution in [-0.4, -0.2) is 19.3 Å². The molecule has 34 heavy (non-hydrogen) atoms. The van der Waals surface area contributed by atoms with Gasteiger partial charge in [0, 0.05) is 5.92 Å². The number of benzene rings is 1. The first-order valence-corrected chi connectivity index (χ1v) is 13.9. The minimum Gasteiger partial charge on any atom is -0.491 e. The SMILES string of the molecule is CC=CCCC1CCC(C2CCC(C3CCC(c4ccc(OCC)c(F)c4F)CO3)CC2)CC1. The van der Waals surface area contributed by atoms with Crippen molar-refractivity contribution >= 4 is 0 Å². The zero-order valence-corrected chi connectivity index (χ0v) is 21.2. The molecule has 2 atom stereocenters. The zero-order chi connectivity index (χ0) is 23.9. The predicted octanol–water partition coefficient (Wildman–Crippen LogP) is 8.60. The highest BCUT2D eigenvalue weighted by Gasteiger charge is 2.36. The second-order valence-electron chi connectivity index (χ2n) is 11.0. The summed E-state index contributed by atoms with van der Waals surface area (Å²) in [6, 6.07) is 3.23. The van der Waals surface area contributed by atoms with Crippen LogP contribution < -0.4 is 4.74 Å². The maximum atomic E-state index is 14.6. The van der Waals surface area contributed by atoms with Gasteiger partial charge in [-0.3, -0.25) is 0 Å². The quantitative estimate of drug-likeness (QED) is 0.351. The number of halogens is 2. The summed E-state index contributed by atoms with van der Waals surface area (Å²) >= 11 is 0. The van der Waals surface area contributed by atoms with E-state index in [-0.39, 0.29) is 17.8 Å². The van der Waals surface area contributed by atoms with Crippen molar-refractivity contribution in [2.75, 3.05) is 13.2 Å². The zero-order valence-electron chi connectivity index (χ0n) is 21.2. The van der Waals surface area contributed by atoms with Gasteiger partial charge in [-0.05, 0) is 113 Å². The number of hydrogen-bond acceptors (Lipinski definition) is 2. The molecule has 4 heteroatoms. The molecule has 0 radical (unpaired) electrons. The molecule has 0 aromatic heterocycles. The second-order valence-corrected chi connectivity index (χ2v) is 11.0. The van der Waals surface area contributed by atoms with E-state index in [4.69, 9.17) is 9.47 Å². The molecule has 2 saturated carbocycles. The van der Waals surface area contributed by atoms with Crippen LogP contribution in [0.4, 0.5) is 8.78 Å². The fourth-order valence-electron chi connectivity index (χ4n) is 6.95. The molecule has 0 amide bonds. The molecule has 0 spiro atoms. The first-order valence-electron chi connectivity index (χ1n) is 13.9. The summed E-state index contributed by atoms with van der Waals surface area (Å²) in [6.45, 7) is 4.70. The average Bonchev–Trinajstić information content (AvgIpc) is 2.88. The Morgan fingerprint density at radius 3 is 2.18 bits per heavy atom. The van der Waals surface area contributed by atoms with E-state index in [2.05, 4.69) is 19.1 Å². The lowest BCUT2D eigenvalue weighted by atomic mass is 9.67. The topological polar surface area (TPSA) is 18.5 Å². The van der Waals surface area contributed by atoms with E-state index in [1.807, 2.05) is 0 Å². The molecule has 1 saturated heterocycles. The van der Waals surface area contributed by atoms with Gasteiger partial charge in [0.2, 0.25) is 5.82 Å². The van der Waals surface area contributed by atoms with E-state index in [1.165, 1.54) is 64.2 Å². The molecule has 1 aromatic carbocycles. The van der Waals surface area contributed by atoms with Crippen molar-refractivity contribution in [3.8, 4) is 5.75 Å². The number of rotatable bonds is 8. The molecule has 0 bridgehead atoms. The number of ether oxygens (including phenoxy) is 2. The van der Waals surface area contributed by atoms with E-state index in [0.717, 1.165) is 30.6 Å². The first-order chi connectivity index (χ1) is 16.6. The van der Waals surface area contributed by atoms with Gasteiger partial charge in [-0.2, -0.15) is 4.39 Å². The first kappa shape index (κ1) is 25.7. The molecule has 3 aliphatic rings. The lowest BCUT2D eigenvalue weighted by Crippen LogP contribution is -2.35. The Labute approximate surface area is 205 Å². The molecule has 2 aliphatic carbocycles. The summed E-state index contributed by atoms with van der Waals surface area (Å²) in [5.41, 5.74) is 0.435. The maximum Gasteiger partial charge on any atom is 0.200 e. The van der Waals surface area contributed by atoms with Gasteiger partial charge < -0.3 is 9.47 Å². The van der Waals surface area contributed by atoms with Crippen molar-refractivity contribution < 1.29 is 18.3 Å². The van der Waals surface area contributed by atoms with E-state index >= 15 is 0 Å². The van der Waals surface area contributed by atoms with Gasteiger partial charge in [0.1, 0.15) is 0 Å². The molecule has 1 heterocycles. The van der Waals surface area contributed by atoms with Crippen LogP contribution in [0.25, 0.3) is 0 Å². The molecule has 3 fully saturated rings. The highest BCUT2D eigenvalue weighted by atomic mass is 19.2. The van der Waals surface area contributed by atoms with Crippen LogP contribution in [0.15, 0.2) is 24.3 Å². The fourth-order valence-corrected chi connectivity index (χ4v) is 6.95. The van der Waals surface area contributed by atoms with Crippen LogP contribution in [0.3, 0.4) is 0 Å². The van der Waals surface area contributed by atoms with Gasteiger partial charge in [-0.15, -0.1) is 0 Å². The van der Waals surface area contributed by atoms with Crippen molar-refractivity contribution in [1.29, 1.82) is 0 Å². The minimum absolute atomic E-state index is 0.00255. The summed E-state index contributed by atoms with van der Waals surface area (Å²) in [5, 5.41) is 0. The maximum absolute atomic E-state index is 14.6. The molecule has 1 aromatic rings. The van der Waals surface area contributed by atoms with E-state index in [0.29, 0.717) is 24.7 Å². The van der Waals surface area contributed by atoms with Crippen molar-refractivity contribution in [1.82, 2.24) is 0 Å². The molecule has 2 nitrogen and oxygen atoms in total. The van der Waals surface area contributed by atoms with Gasteiger partial charge in [0.25, 0.3) is 0 Å². The molecule has 2 unspecified atom stereocenters.